The van der Waals surface area contributed by atoms with Crippen molar-refractivity contribution < 1.29 is 4.79 Å². The Balaban J connectivity index is 2.85. The van der Waals surface area contributed by atoms with E-state index >= 15 is 0 Å². The monoisotopic (exact) mass is 333 g/mol. The van der Waals surface area contributed by atoms with Crippen LogP contribution < -0.4 is 5.32 Å². The van der Waals surface area contributed by atoms with Gasteiger partial charge in [0.15, 0.2) is 0 Å². The molecule has 1 aromatic rings. The van der Waals surface area contributed by atoms with Crippen LogP contribution in [-0.2, 0) is 4.79 Å². The van der Waals surface area contributed by atoms with Gasteiger partial charge in [0, 0.05) is 30.0 Å². The van der Waals surface area contributed by atoms with Crippen molar-refractivity contribution in [2.24, 2.45) is 0 Å². The molecule has 0 saturated carbocycles. The lowest BCUT2D eigenvalue weighted by Crippen LogP contribution is -2.23. The minimum Gasteiger partial charge on any atom is -0.376 e. The summed E-state index contributed by atoms with van der Waals surface area (Å²) >= 11 is 6.05. The number of nitriles is 1. The van der Waals surface area contributed by atoms with Crippen molar-refractivity contribution in [3.8, 4) is 6.07 Å². The van der Waals surface area contributed by atoms with E-state index in [2.05, 4.69) is 19.2 Å². The lowest BCUT2D eigenvalue weighted by Gasteiger charge is -2.19. The van der Waals surface area contributed by atoms with Crippen molar-refractivity contribution in [2.75, 3.05) is 18.4 Å². The molecule has 0 aliphatic carbocycles. The Morgan fingerprint density at radius 1 is 1.35 bits per heavy atom. The average Bonchev–Trinajstić information content (AvgIpc) is 2.53. The standard InChI is InChI=1S/C18H24ClN3O/c1-4-6-10-22(9-5-2)13-15(12-20)18(23)21-16-8-7-14(3)17(19)11-16/h7-8,11,13H,4-6,9-10H2,1-3H3,(H,21,23)/b15-13-. The predicted molar refractivity (Wildman–Crippen MR) is 95.3 cm³/mol. The number of unbranched alkanes of at least 4 members (excludes halogenated alkanes) is 1. The summed E-state index contributed by atoms with van der Waals surface area (Å²) in [6.45, 7) is 7.76. The molecule has 1 N–H and O–H groups in total. The molecule has 0 aromatic heterocycles. The fourth-order valence-electron chi connectivity index (χ4n) is 2.08. The Bertz CT molecular complexity index is 605. The van der Waals surface area contributed by atoms with Crippen molar-refractivity contribution in [3.63, 3.8) is 0 Å². The van der Waals surface area contributed by atoms with Crippen molar-refractivity contribution in [2.45, 2.75) is 40.0 Å². The number of hydrogen-bond acceptors (Lipinski definition) is 3. The highest BCUT2D eigenvalue weighted by Gasteiger charge is 2.12. The topological polar surface area (TPSA) is 56.1 Å². The van der Waals surface area contributed by atoms with Crippen molar-refractivity contribution in [3.05, 3.63) is 40.6 Å². The van der Waals surface area contributed by atoms with Crippen LogP contribution in [-0.4, -0.2) is 23.9 Å². The number of carbonyl (C=O) groups is 1. The Hall–Kier alpha value is -1.99. The highest BCUT2D eigenvalue weighted by molar-refractivity contribution is 6.31. The SMILES string of the molecule is CCCCN(/C=C(/C#N)C(=O)Nc1ccc(C)c(Cl)c1)CCC. The Morgan fingerprint density at radius 2 is 2.09 bits per heavy atom. The number of carbonyl (C=O) groups excluding carboxylic acids is 1. The van der Waals surface area contributed by atoms with E-state index in [0.717, 1.165) is 37.9 Å². The molecule has 1 rings (SSSR count). The molecule has 1 amide bonds. The van der Waals surface area contributed by atoms with Gasteiger partial charge in [-0.1, -0.05) is 37.9 Å². The van der Waals surface area contributed by atoms with Crippen LogP contribution in [0.2, 0.25) is 5.02 Å². The number of halogens is 1. The summed E-state index contributed by atoms with van der Waals surface area (Å²) in [5.74, 6) is -0.412. The van der Waals surface area contributed by atoms with Crippen LogP contribution in [0.1, 0.15) is 38.7 Å². The highest BCUT2D eigenvalue weighted by atomic mass is 35.5. The van der Waals surface area contributed by atoms with Gasteiger partial charge in [-0.05, 0) is 37.5 Å². The van der Waals surface area contributed by atoms with E-state index in [0.29, 0.717) is 10.7 Å². The van der Waals surface area contributed by atoms with Gasteiger partial charge in [-0.15, -0.1) is 0 Å². The van der Waals surface area contributed by atoms with Gasteiger partial charge in [0.25, 0.3) is 5.91 Å². The Kier molecular flexibility index (Phi) is 8.21. The number of rotatable bonds is 8. The van der Waals surface area contributed by atoms with Crippen molar-refractivity contribution in [1.29, 1.82) is 5.26 Å². The molecule has 124 valence electrons. The van der Waals surface area contributed by atoms with Crippen LogP contribution in [0.25, 0.3) is 0 Å². The number of amides is 1. The molecule has 0 heterocycles. The predicted octanol–water partition coefficient (Wildman–Crippen LogP) is 4.51. The second kappa shape index (κ2) is 9.91. The lowest BCUT2D eigenvalue weighted by atomic mass is 10.2. The van der Waals surface area contributed by atoms with Gasteiger partial charge >= 0.3 is 0 Å². The molecule has 0 radical (unpaired) electrons. The maximum Gasteiger partial charge on any atom is 0.267 e. The fourth-order valence-corrected chi connectivity index (χ4v) is 2.26. The fraction of sp³-hybridized carbons (Fsp3) is 0.444. The van der Waals surface area contributed by atoms with Gasteiger partial charge < -0.3 is 10.2 Å². The Morgan fingerprint density at radius 3 is 2.65 bits per heavy atom. The molecule has 0 unspecified atom stereocenters. The molecule has 0 aliphatic rings. The number of anilines is 1. The summed E-state index contributed by atoms with van der Waals surface area (Å²) in [6, 6.07) is 7.28. The molecule has 23 heavy (non-hydrogen) atoms. The minimum absolute atomic E-state index is 0.103. The van der Waals surface area contributed by atoms with E-state index in [1.807, 2.05) is 24.0 Å². The number of nitrogens with one attached hydrogen (secondary N) is 1. The van der Waals surface area contributed by atoms with E-state index in [-0.39, 0.29) is 5.57 Å². The first kappa shape index (κ1) is 19.1. The van der Waals surface area contributed by atoms with Gasteiger partial charge in [-0.25, -0.2) is 0 Å². The van der Waals surface area contributed by atoms with E-state index in [4.69, 9.17) is 11.6 Å². The quantitative estimate of drug-likeness (QED) is 0.562. The average molecular weight is 334 g/mol. The maximum absolute atomic E-state index is 12.3. The third-order valence-electron chi connectivity index (χ3n) is 3.42. The summed E-state index contributed by atoms with van der Waals surface area (Å²) in [4.78, 5) is 14.3. The number of nitrogens with zero attached hydrogens (tertiary/aromatic N) is 2. The highest BCUT2D eigenvalue weighted by Crippen LogP contribution is 2.20. The van der Waals surface area contributed by atoms with Crippen LogP contribution in [0.4, 0.5) is 5.69 Å². The summed E-state index contributed by atoms with van der Waals surface area (Å²) in [5.41, 5.74) is 1.63. The molecular weight excluding hydrogens is 310 g/mol. The van der Waals surface area contributed by atoms with E-state index in [1.165, 1.54) is 0 Å². The van der Waals surface area contributed by atoms with Gasteiger partial charge in [0.05, 0.1) is 0 Å². The molecule has 1 aromatic carbocycles. The van der Waals surface area contributed by atoms with E-state index in [1.54, 1.807) is 18.3 Å². The molecule has 0 aliphatic heterocycles. The summed E-state index contributed by atoms with van der Waals surface area (Å²) < 4.78 is 0. The molecule has 4 nitrogen and oxygen atoms in total. The molecule has 5 heteroatoms. The molecular formula is C18H24ClN3O. The number of hydrogen-bond donors (Lipinski definition) is 1. The first-order chi connectivity index (χ1) is 11.0. The minimum atomic E-state index is -0.412. The smallest absolute Gasteiger partial charge is 0.267 e. The van der Waals surface area contributed by atoms with E-state index in [9.17, 15) is 10.1 Å². The number of benzene rings is 1. The molecule has 0 spiro atoms. The first-order valence-corrected chi connectivity index (χ1v) is 8.33. The van der Waals surface area contributed by atoms with Gasteiger partial charge in [0.2, 0.25) is 0 Å². The lowest BCUT2D eigenvalue weighted by molar-refractivity contribution is -0.112. The maximum atomic E-state index is 12.3. The van der Waals surface area contributed by atoms with Crippen LogP contribution >= 0.6 is 11.6 Å². The zero-order valence-corrected chi connectivity index (χ0v) is 14.8. The third kappa shape index (κ3) is 6.33. The largest absolute Gasteiger partial charge is 0.376 e. The number of aryl methyl sites for hydroxylation is 1. The van der Waals surface area contributed by atoms with Gasteiger partial charge in [0.1, 0.15) is 11.6 Å². The summed E-state index contributed by atoms with van der Waals surface area (Å²) in [5, 5.41) is 12.6. The molecule has 0 atom stereocenters. The van der Waals surface area contributed by atoms with Crippen LogP contribution in [0, 0.1) is 18.3 Å². The van der Waals surface area contributed by atoms with Crippen molar-refractivity contribution in [1.82, 2.24) is 4.90 Å². The first-order valence-electron chi connectivity index (χ1n) is 7.95. The third-order valence-corrected chi connectivity index (χ3v) is 3.82. The second-order valence-electron chi connectivity index (χ2n) is 5.46. The van der Waals surface area contributed by atoms with Gasteiger partial charge in [-0.2, -0.15) is 5.26 Å². The van der Waals surface area contributed by atoms with Crippen LogP contribution in [0.15, 0.2) is 30.0 Å². The zero-order chi connectivity index (χ0) is 17.2. The normalized spacial score (nSPS) is 11.0. The molecule has 0 fully saturated rings. The second-order valence-corrected chi connectivity index (χ2v) is 5.87. The van der Waals surface area contributed by atoms with E-state index < -0.39 is 5.91 Å². The van der Waals surface area contributed by atoms with Crippen molar-refractivity contribution >= 4 is 23.2 Å². The molecule has 0 bridgehead atoms. The van der Waals surface area contributed by atoms with Crippen LogP contribution in [0.5, 0.6) is 0 Å². The zero-order valence-electron chi connectivity index (χ0n) is 14.0. The Labute approximate surface area is 143 Å². The van der Waals surface area contributed by atoms with Crippen LogP contribution in [0.3, 0.4) is 0 Å². The van der Waals surface area contributed by atoms with Gasteiger partial charge in [-0.3, -0.25) is 4.79 Å². The molecule has 0 saturated heterocycles. The summed E-state index contributed by atoms with van der Waals surface area (Å²) in [7, 11) is 0. The summed E-state index contributed by atoms with van der Waals surface area (Å²) in [6.07, 6.45) is 4.73.